The Balaban J connectivity index is 1.95. The standard InChI is InChI=1S/C19H19N2/c1-15-8-9-16(2)18(12-15)19-14-21(11-10-20-19)13-17-6-4-3-5-7-17/h3-12,14H,13H2,1-2H3/q+1. The molecule has 0 amide bonds. The molecule has 2 heteroatoms. The molecule has 0 saturated heterocycles. The van der Waals surface area contributed by atoms with E-state index >= 15 is 0 Å². The van der Waals surface area contributed by atoms with Crippen molar-refractivity contribution in [3.63, 3.8) is 0 Å². The highest BCUT2D eigenvalue weighted by molar-refractivity contribution is 5.62. The summed E-state index contributed by atoms with van der Waals surface area (Å²) < 4.78 is 2.18. The van der Waals surface area contributed by atoms with E-state index in [-0.39, 0.29) is 0 Å². The maximum absolute atomic E-state index is 4.53. The SMILES string of the molecule is Cc1ccc(C)c(-c2c[n+](Cc3ccccc3)ccn2)c1. The Morgan fingerprint density at radius 1 is 1.00 bits per heavy atom. The molecular formula is C19H19N2+. The van der Waals surface area contributed by atoms with E-state index in [1.165, 1.54) is 22.3 Å². The minimum absolute atomic E-state index is 0.862. The molecular weight excluding hydrogens is 256 g/mol. The first-order valence-electron chi connectivity index (χ1n) is 7.19. The number of aryl methyl sites for hydroxylation is 2. The monoisotopic (exact) mass is 275 g/mol. The van der Waals surface area contributed by atoms with E-state index in [2.05, 4.69) is 72.1 Å². The van der Waals surface area contributed by atoms with Crippen molar-refractivity contribution < 1.29 is 4.57 Å². The van der Waals surface area contributed by atoms with Gasteiger partial charge in [-0.05, 0) is 25.5 Å². The van der Waals surface area contributed by atoms with Gasteiger partial charge in [-0.25, -0.2) is 4.98 Å². The van der Waals surface area contributed by atoms with Crippen molar-refractivity contribution in [1.29, 1.82) is 0 Å². The van der Waals surface area contributed by atoms with Crippen molar-refractivity contribution in [2.24, 2.45) is 0 Å². The molecule has 104 valence electrons. The van der Waals surface area contributed by atoms with Crippen LogP contribution in [0.4, 0.5) is 0 Å². The topological polar surface area (TPSA) is 16.8 Å². The fourth-order valence-corrected chi connectivity index (χ4v) is 2.48. The first-order chi connectivity index (χ1) is 10.2. The molecule has 0 fully saturated rings. The predicted molar refractivity (Wildman–Crippen MR) is 84.9 cm³/mol. The molecule has 21 heavy (non-hydrogen) atoms. The third-order valence-electron chi connectivity index (χ3n) is 3.64. The zero-order chi connectivity index (χ0) is 14.7. The highest BCUT2D eigenvalue weighted by Crippen LogP contribution is 2.21. The minimum atomic E-state index is 0.862. The first-order valence-corrected chi connectivity index (χ1v) is 7.19. The van der Waals surface area contributed by atoms with Crippen LogP contribution in [0.5, 0.6) is 0 Å². The fraction of sp³-hybridized carbons (Fsp3) is 0.158. The van der Waals surface area contributed by atoms with Crippen molar-refractivity contribution >= 4 is 0 Å². The maximum Gasteiger partial charge on any atom is 0.195 e. The van der Waals surface area contributed by atoms with Gasteiger partial charge in [0.15, 0.2) is 18.9 Å². The lowest BCUT2D eigenvalue weighted by Gasteiger charge is -2.06. The molecule has 0 N–H and O–H groups in total. The summed E-state index contributed by atoms with van der Waals surface area (Å²) in [6.45, 7) is 5.11. The molecule has 0 aliphatic rings. The van der Waals surface area contributed by atoms with Gasteiger partial charge in [-0.2, -0.15) is 4.57 Å². The van der Waals surface area contributed by atoms with Crippen molar-refractivity contribution in [3.05, 3.63) is 83.8 Å². The molecule has 3 aromatic rings. The van der Waals surface area contributed by atoms with E-state index in [9.17, 15) is 0 Å². The van der Waals surface area contributed by atoms with Crippen LogP contribution in [0.25, 0.3) is 11.3 Å². The predicted octanol–water partition coefficient (Wildman–Crippen LogP) is 3.70. The van der Waals surface area contributed by atoms with Crippen LogP contribution in [-0.2, 0) is 6.54 Å². The number of aromatic nitrogens is 2. The quantitative estimate of drug-likeness (QED) is 0.666. The molecule has 2 aromatic carbocycles. The Morgan fingerprint density at radius 2 is 1.81 bits per heavy atom. The van der Waals surface area contributed by atoms with Crippen LogP contribution in [0.3, 0.4) is 0 Å². The van der Waals surface area contributed by atoms with Gasteiger partial charge in [0.2, 0.25) is 0 Å². The van der Waals surface area contributed by atoms with E-state index in [4.69, 9.17) is 0 Å². The van der Waals surface area contributed by atoms with Crippen LogP contribution < -0.4 is 4.57 Å². The van der Waals surface area contributed by atoms with Gasteiger partial charge in [0, 0.05) is 11.1 Å². The lowest BCUT2D eigenvalue weighted by atomic mass is 10.0. The van der Waals surface area contributed by atoms with Gasteiger partial charge in [-0.1, -0.05) is 48.0 Å². The molecule has 0 spiro atoms. The van der Waals surface area contributed by atoms with Crippen LogP contribution in [0.2, 0.25) is 0 Å². The molecule has 3 rings (SSSR count). The summed E-state index contributed by atoms with van der Waals surface area (Å²) in [4.78, 5) is 4.53. The second kappa shape index (κ2) is 5.88. The zero-order valence-electron chi connectivity index (χ0n) is 12.5. The largest absolute Gasteiger partial charge is 0.244 e. The minimum Gasteiger partial charge on any atom is -0.244 e. The smallest absolute Gasteiger partial charge is 0.195 e. The van der Waals surface area contributed by atoms with E-state index in [0.29, 0.717) is 0 Å². The number of rotatable bonds is 3. The van der Waals surface area contributed by atoms with E-state index in [1.807, 2.05) is 18.5 Å². The molecule has 0 unspecified atom stereocenters. The second-order valence-electron chi connectivity index (χ2n) is 5.42. The molecule has 0 saturated carbocycles. The zero-order valence-corrected chi connectivity index (χ0v) is 12.5. The van der Waals surface area contributed by atoms with E-state index < -0.39 is 0 Å². The van der Waals surface area contributed by atoms with Gasteiger partial charge in [-0.15, -0.1) is 0 Å². The van der Waals surface area contributed by atoms with Crippen LogP contribution in [0.15, 0.2) is 67.1 Å². The average molecular weight is 275 g/mol. The Morgan fingerprint density at radius 3 is 2.62 bits per heavy atom. The summed E-state index contributed by atoms with van der Waals surface area (Å²) in [6, 6.07) is 17.0. The van der Waals surface area contributed by atoms with Crippen LogP contribution >= 0.6 is 0 Å². The van der Waals surface area contributed by atoms with Gasteiger partial charge in [0.1, 0.15) is 5.69 Å². The van der Waals surface area contributed by atoms with Gasteiger partial charge in [-0.3, -0.25) is 0 Å². The lowest BCUT2D eigenvalue weighted by Crippen LogP contribution is -2.33. The summed E-state index contributed by atoms with van der Waals surface area (Å²) in [6.07, 6.45) is 6.01. The molecule has 0 atom stereocenters. The van der Waals surface area contributed by atoms with Gasteiger partial charge in [0.05, 0.1) is 6.20 Å². The van der Waals surface area contributed by atoms with Gasteiger partial charge < -0.3 is 0 Å². The number of hydrogen-bond donors (Lipinski definition) is 0. The van der Waals surface area contributed by atoms with Gasteiger partial charge in [0.25, 0.3) is 0 Å². The number of benzene rings is 2. The normalized spacial score (nSPS) is 10.6. The summed E-state index contributed by atoms with van der Waals surface area (Å²) in [5.41, 5.74) is 6.04. The summed E-state index contributed by atoms with van der Waals surface area (Å²) >= 11 is 0. The Hall–Kier alpha value is -2.48. The molecule has 0 radical (unpaired) electrons. The Kier molecular flexibility index (Phi) is 3.78. The molecule has 2 nitrogen and oxygen atoms in total. The third-order valence-corrected chi connectivity index (χ3v) is 3.64. The van der Waals surface area contributed by atoms with Gasteiger partial charge >= 0.3 is 0 Å². The second-order valence-corrected chi connectivity index (χ2v) is 5.42. The third kappa shape index (κ3) is 3.16. The average Bonchev–Trinajstić information content (AvgIpc) is 2.51. The molecule has 1 aromatic heterocycles. The highest BCUT2D eigenvalue weighted by Gasteiger charge is 2.09. The molecule has 1 heterocycles. The number of hydrogen-bond acceptors (Lipinski definition) is 1. The molecule has 0 bridgehead atoms. The van der Waals surface area contributed by atoms with Crippen LogP contribution in [0, 0.1) is 13.8 Å². The molecule has 0 aliphatic heterocycles. The maximum atomic E-state index is 4.53. The summed E-state index contributed by atoms with van der Waals surface area (Å²) in [5.74, 6) is 0. The van der Waals surface area contributed by atoms with Crippen molar-refractivity contribution in [1.82, 2.24) is 4.98 Å². The van der Waals surface area contributed by atoms with E-state index in [0.717, 1.165) is 12.2 Å². The van der Waals surface area contributed by atoms with Crippen molar-refractivity contribution in [3.8, 4) is 11.3 Å². The van der Waals surface area contributed by atoms with Crippen molar-refractivity contribution in [2.75, 3.05) is 0 Å². The van der Waals surface area contributed by atoms with Crippen LogP contribution in [-0.4, -0.2) is 4.98 Å². The molecule has 0 aliphatic carbocycles. The summed E-state index contributed by atoms with van der Waals surface area (Å²) in [5, 5.41) is 0. The van der Waals surface area contributed by atoms with Crippen LogP contribution in [0.1, 0.15) is 16.7 Å². The van der Waals surface area contributed by atoms with E-state index in [1.54, 1.807) is 0 Å². The first kappa shape index (κ1) is 13.5. The highest BCUT2D eigenvalue weighted by atomic mass is 15.0. The van der Waals surface area contributed by atoms with Crippen molar-refractivity contribution in [2.45, 2.75) is 20.4 Å². The Labute approximate surface area is 125 Å². The summed E-state index contributed by atoms with van der Waals surface area (Å²) in [7, 11) is 0. The Bertz CT molecular complexity index is 749. The fourth-order valence-electron chi connectivity index (χ4n) is 2.48. The lowest BCUT2D eigenvalue weighted by molar-refractivity contribution is -0.688. The number of nitrogens with zero attached hydrogens (tertiary/aromatic N) is 2.